The Morgan fingerprint density at radius 3 is 1.87 bits per heavy atom. The summed E-state index contributed by atoms with van der Waals surface area (Å²) < 4.78 is 16.5. The van der Waals surface area contributed by atoms with Crippen molar-refractivity contribution in [3.8, 4) is 16.8 Å². The van der Waals surface area contributed by atoms with Gasteiger partial charge >= 0.3 is 0 Å². The van der Waals surface area contributed by atoms with E-state index in [9.17, 15) is 4.39 Å². The van der Waals surface area contributed by atoms with Crippen LogP contribution in [0.15, 0.2) is 188 Å². The summed E-state index contributed by atoms with van der Waals surface area (Å²) in [7, 11) is 0. The summed E-state index contributed by atoms with van der Waals surface area (Å²) in [5.74, 6) is -0.242. The molecule has 0 unspecified atom stereocenters. The van der Waals surface area contributed by atoms with Crippen molar-refractivity contribution in [3.63, 3.8) is 0 Å². The van der Waals surface area contributed by atoms with Gasteiger partial charge in [-0.3, -0.25) is 0 Å². The van der Waals surface area contributed by atoms with Crippen LogP contribution in [-0.2, 0) is 0 Å². The lowest BCUT2D eigenvalue weighted by molar-refractivity contribution is 0.627. The number of benzene rings is 10. The minimum atomic E-state index is -0.242. The molecule has 0 N–H and O–H groups in total. The van der Waals surface area contributed by atoms with Crippen LogP contribution in [0.3, 0.4) is 0 Å². The van der Waals surface area contributed by atoms with E-state index in [1.165, 1.54) is 53.9 Å². The summed E-state index contributed by atoms with van der Waals surface area (Å²) in [6, 6.07) is 66.0. The molecule has 0 bridgehead atoms. The average molecular weight is 679 g/mol. The second-order valence-electron chi connectivity index (χ2n) is 13.9. The largest absolute Gasteiger partial charge is 0.310 e. The van der Waals surface area contributed by atoms with E-state index in [1.54, 1.807) is 12.1 Å². The predicted octanol–water partition coefficient (Wildman–Crippen LogP) is 14.1. The second-order valence-corrected chi connectivity index (χ2v) is 13.9. The quantitative estimate of drug-likeness (QED) is 0.165. The van der Waals surface area contributed by atoms with Crippen molar-refractivity contribution < 1.29 is 4.39 Å². The van der Waals surface area contributed by atoms with Crippen LogP contribution in [-0.4, -0.2) is 4.57 Å². The zero-order chi connectivity index (χ0) is 35.0. The Balaban J connectivity index is 1.12. The first kappa shape index (κ1) is 29.7. The third-order valence-corrected chi connectivity index (χ3v) is 10.9. The van der Waals surface area contributed by atoms with Gasteiger partial charge in [-0.05, 0) is 122 Å². The molecule has 0 atom stereocenters. The minimum Gasteiger partial charge on any atom is -0.310 e. The highest BCUT2D eigenvalue weighted by Crippen LogP contribution is 2.45. The van der Waals surface area contributed by atoms with E-state index in [0.29, 0.717) is 0 Å². The number of rotatable bonds is 5. The molecule has 0 radical (unpaired) electrons. The van der Waals surface area contributed by atoms with Crippen molar-refractivity contribution in [2.75, 3.05) is 4.90 Å². The van der Waals surface area contributed by atoms with E-state index in [4.69, 9.17) is 0 Å². The smallest absolute Gasteiger partial charge is 0.123 e. The topological polar surface area (TPSA) is 8.17 Å². The lowest BCUT2D eigenvalue weighted by Gasteiger charge is -2.27. The van der Waals surface area contributed by atoms with E-state index in [2.05, 4.69) is 173 Å². The number of nitrogens with zero attached hydrogens (tertiary/aromatic N) is 2. The maximum atomic E-state index is 14.2. The fourth-order valence-corrected chi connectivity index (χ4v) is 8.57. The number of halogens is 1. The van der Waals surface area contributed by atoms with Crippen LogP contribution in [0.5, 0.6) is 0 Å². The lowest BCUT2D eigenvalue weighted by atomic mass is 9.91. The molecule has 0 aliphatic carbocycles. The van der Waals surface area contributed by atoms with Crippen LogP contribution in [0.4, 0.5) is 21.5 Å². The third kappa shape index (κ3) is 4.57. The summed E-state index contributed by atoms with van der Waals surface area (Å²) in [4.78, 5) is 2.34. The normalized spacial score (nSPS) is 11.9. The SMILES string of the molecule is Fc1ccc(-n2c3ccc(-c4ccc(N(c5ccccc5)c5cccc6ccccc56)cc4)cc3c3c4ccc5cccc6ccc(cc32)c4c65)cc1. The highest BCUT2D eigenvalue weighted by molar-refractivity contribution is 6.33. The fraction of sp³-hybridized carbons (Fsp3) is 0. The molecule has 11 aromatic rings. The number of para-hydroxylation sites is 1. The highest BCUT2D eigenvalue weighted by Gasteiger charge is 2.20. The van der Waals surface area contributed by atoms with Crippen LogP contribution in [0.1, 0.15) is 0 Å². The molecule has 10 aromatic carbocycles. The van der Waals surface area contributed by atoms with Crippen LogP contribution >= 0.6 is 0 Å². The van der Waals surface area contributed by atoms with E-state index >= 15 is 0 Å². The van der Waals surface area contributed by atoms with Crippen molar-refractivity contribution in [1.29, 1.82) is 0 Å². The van der Waals surface area contributed by atoms with Gasteiger partial charge in [0.2, 0.25) is 0 Å². The van der Waals surface area contributed by atoms with E-state index in [0.717, 1.165) is 44.9 Å². The van der Waals surface area contributed by atoms with Gasteiger partial charge in [-0.15, -0.1) is 0 Å². The molecular formula is C50H31FN2. The molecule has 248 valence electrons. The third-order valence-electron chi connectivity index (χ3n) is 10.9. The summed E-state index contributed by atoms with van der Waals surface area (Å²) in [5, 5.41) is 12.3. The monoisotopic (exact) mass is 678 g/mol. The first-order chi connectivity index (χ1) is 26.2. The molecule has 0 fully saturated rings. The van der Waals surface area contributed by atoms with Gasteiger partial charge in [-0.1, -0.05) is 115 Å². The number of aromatic nitrogens is 1. The standard InChI is InChI=1S/C50H31FN2/c51-38-22-26-41(27-23-38)53-46-29-21-36(30-44(46)50-43-28-20-35-11-6-10-34-16-17-37(31-47(50)53)49(43)48(34)35)32-18-24-40(25-19-32)52(39-12-2-1-3-13-39)45-15-7-9-33-8-4-5-14-42(33)45/h1-31H. The number of fused-ring (bicyclic) bond motifs is 5. The molecule has 1 heterocycles. The number of hydrogen-bond donors (Lipinski definition) is 0. The summed E-state index contributed by atoms with van der Waals surface area (Å²) in [6.45, 7) is 0. The van der Waals surface area contributed by atoms with Gasteiger partial charge in [0.15, 0.2) is 0 Å². The second kappa shape index (κ2) is 11.5. The Morgan fingerprint density at radius 2 is 1.04 bits per heavy atom. The molecule has 1 aromatic heterocycles. The van der Waals surface area contributed by atoms with Gasteiger partial charge in [0.25, 0.3) is 0 Å². The predicted molar refractivity (Wildman–Crippen MR) is 222 cm³/mol. The Bertz CT molecular complexity index is 3140. The van der Waals surface area contributed by atoms with Gasteiger partial charge in [0.1, 0.15) is 5.82 Å². The molecule has 11 rings (SSSR count). The van der Waals surface area contributed by atoms with E-state index in [-0.39, 0.29) is 5.82 Å². The first-order valence-electron chi connectivity index (χ1n) is 18.0. The van der Waals surface area contributed by atoms with Crippen molar-refractivity contribution >= 4 is 82.0 Å². The van der Waals surface area contributed by atoms with Crippen molar-refractivity contribution in [1.82, 2.24) is 4.57 Å². The van der Waals surface area contributed by atoms with Crippen LogP contribution in [0.2, 0.25) is 0 Å². The zero-order valence-corrected chi connectivity index (χ0v) is 28.7. The van der Waals surface area contributed by atoms with Crippen molar-refractivity contribution in [3.05, 3.63) is 194 Å². The lowest BCUT2D eigenvalue weighted by Crippen LogP contribution is -2.10. The Labute approximate surface area is 305 Å². The number of hydrogen-bond acceptors (Lipinski definition) is 1. The maximum absolute atomic E-state index is 14.2. The van der Waals surface area contributed by atoms with Crippen LogP contribution in [0, 0.1) is 5.82 Å². The molecule has 0 saturated heterocycles. The molecule has 53 heavy (non-hydrogen) atoms. The van der Waals surface area contributed by atoms with Gasteiger partial charge in [-0.25, -0.2) is 4.39 Å². The van der Waals surface area contributed by atoms with Crippen molar-refractivity contribution in [2.45, 2.75) is 0 Å². The maximum Gasteiger partial charge on any atom is 0.123 e. The average Bonchev–Trinajstić information content (AvgIpc) is 3.54. The number of anilines is 3. The van der Waals surface area contributed by atoms with Crippen molar-refractivity contribution in [2.24, 2.45) is 0 Å². The summed E-state index contributed by atoms with van der Waals surface area (Å²) >= 11 is 0. The van der Waals surface area contributed by atoms with E-state index < -0.39 is 0 Å². The highest BCUT2D eigenvalue weighted by atomic mass is 19.1. The summed E-state index contributed by atoms with van der Waals surface area (Å²) in [6.07, 6.45) is 0. The molecule has 0 aliphatic heterocycles. The molecule has 0 amide bonds. The zero-order valence-electron chi connectivity index (χ0n) is 28.7. The summed E-state index contributed by atoms with van der Waals surface area (Å²) in [5.41, 5.74) is 8.76. The van der Waals surface area contributed by atoms with Gasteiger partial charge in [0, 0.05) is 33.2 Å². The molecule has 2 nitrogen and oxygen atoms in total. The first-order valence-corrected chi connectivity index (χ1v) is 18.0. The molecular weight excluding hydrogens is 648 g/mol. The van der Waals surface area contributed by atoms with Gasteiger partial charge in [-0.2, -0.15) is 0 Å². The van der Waals surface area contributed by atoms with Gasteiger partial charge < -0.3 is 9.47 Å². The van der Waals surface area contributed by atoms with E-state index in [1.807, 2.05) is 12.1 Å². The molecule has 0 saturated carbocycles. The Morgan fingerprint density at radius 1 is 0.377 bits per heavy atom. The minimum absolute atomic E-state index is 0.242. The molecule has 3 heteroatoms. The fourth-order valence-electron chi connectivity index (χ4n) is 8.57. The molecule has 0 aliphatic rings. The Hall–Kier alpha value is -6.97. The molecule has 0 spiro atoms. The van der Waals surface area contributed by atoms with Gasteiger partial charge in [0.05, 0.1) is 16.7 Å². The Kier molecular flexibility index (Phi) is 6.47. The van der Waals surface area contributed by atoms with Crippen LogP contribution in [0.25, 0.3) is 81.7 Å². The van der Waals surface area contributed by atoms with Crippen LogP contribution < -0.4 is 4.90 Å².